The summed E-state index contributed by atoms with van der Waals surface area (Å²) >= 11 is 0. The molecule has 12 heteroatoms. The third kappa shape index (κ3) is 12.3. The fourth-order valence-electron chi connectivity index (χ4n) is 4.00. The molecule has 12 nitrogen and oxygen atoms in total. The highest BCUT2D eigenvalue weighted by atomic mass is 16.5. The summed E-state index contributed by atoms with van der Waals surface area (Å²) < 4.78 is 4.77. The van der Waals surface area contributed by atoms with Crippen LogP contribution in [-0.2, 0) is 35.1 Å². The highest BCUT2D eigenvalue weighted by Crippen LogP contribution is 2.12. The molecule has 0 spiro atoms. The first kappa shape index (κ1) is 35.5. The summed E-state index contributed by atoms with van der Waals surface area (Å²) in [5.74, 6) is -3.08. The number of hydrogen-bond donors (Lipinski definition) is 6. The molecule has 6 atom stereocenters. The van der Waals surface area contributed by atoms with E-state index in [0.29, 0.717) is 0 Å². The Morgan fingerprint density at radius 3 is 1.90 bits per heavy atom. The summed E-state index contributed by atoms with van der Waals surface area (Å²) in [6.45, 7) is 10.1. The lowest BCUT2D eigenvalue weighted by atomic mass is 9.97. The number of carbonyl (C=O) groups is 5. The van der Waals surface area contributed by atoms with Gasteiger partial charge in [0.25, 0.3) is 0 Å². The number of aliphatic hydroxyl groups is 1. The van der Waals surface area contributed by atoms with Crippen molar-refractivity contribution in [1.29, 1.82) is 0 Å². The molecule has 1 rings (SSSR count). The SMILES string of the molecule is COC(=O)[C@@H](NC(=O)[C@@H](NC(=O)CCC(O)[C@H](Cc1ccccc1)NC(=O)[C@H](C)NC(=O)[C@H](C)N)C(C)C)C(C)C. The average molecular weight is 578 g/mol. The molecular formula is C29H47N5O7. The fraction of sp³-hybridized carbons (Fsp3) is 0.621. The Bertz CT molecular complexity index is 1020. The molecule has 41 heavy (non-hydrogen) atoms. The number of aliphatic hydroxyl groups excluding tert-OH is 1. The Labute approximate surface area is 242 Å². The molecule has 0 aliphatic carbocycles. The number of hydrogen-bond acceptors (Lipinski definition) is 8. The maximum Gasteiger partial charge on any atom is 0.328 e. The Morgan fingerprint density at radius 2 is 1.39 bits per heavy atom. The van der Waals surface area contributed by atoms with Gasteiger partial charge in [-0.15, -0.1) is 0 Å². The van der Waals surface area contributed by atoms with Gasteiger partial charge in [-0.2, -0.15) is 0 Å². The van der Waals surface area contributed by atoms with Crippen molar-refractivity contribution in [2.24, 2.45) is 17.6 Å². The van der Waals surface area contributed by atoms with Crippen LogP contribution in [0.3, 0.4) is 0 Å². The van der Waals surface area contributed by atoms with Gasteiger partial charge >= 0.3 is 5.97 Å². The normalized spacial score (nSPS) is 15.6. The largest absolute Gasteiger partial charge is 0.467 e. The molecule has 4 amide bonds. The third-order valence-corrected chi connectivity index (χ3v) is 6.61. The van der Waals surface area contributed by atoms with E-state index in [4.69, 9.17) is 10.5 Å². The molecule has 0 aliphatic heterocycles. The molecule has 0 aromatic heterocycles. The van der Waals surface area contributed by atoms with Crippen molar-refractivity contribution in [3.63, 3.8) is 0 Å². The maximum absolute atomic E-state index is 12.9. The number of carbonyl (C=O) groups excluding carboxylic acids is 5. The summed E-state index contributed by atoms with van der Waals surface area (Å²) in [5.41, 5.74) is 6.42. The molecule has 0 saturated carbocycles. The second kappa shape index (κ2) is 17.3. The van der Waals surface area contributed by atoms with Crippen molar-refractivity contribution in [3.05, 3.63) is 35.9 Å². The van der Waals surface area contributed by atoms with Crippen LogP contribution in [-0.4, -0.2) is 78.1 Å². The zero-order chi connectivity index (χ0) is 31.3. The van der Waals surface area contributed by atoms with Crippen molar-refractivity contribution in [3.8, 4) is 0 Å². The van der Waals surface area contributed by atoms with Crippen molar-refractivity contribution in [2.75, 3.05) is 7.11 Å². The molecule has 7 N–H and O–H groups in total. The Balaban J connectivity index is 2.90. The average Bonchev–Trinajstić information content (AvgIpc) is 2.92. The van der Waals surface area contributed by atoms with Crippen LogP contribution < -0.4 is 27.0 Å². The molecule has 0 heterocycles. The number of esters is 1. The number of ether oxygens (including phenoxy) is 1. The van der Waals surface area contributed by atoms with Crippen LogP contribution >= 0.6 is 0 Å². The number of amides is 4. The number of rotatable bonds is 16. The highest BCUT2D eigenvalue weighted by molar-refractivity contribution is 5.91. The molecular weight excluding hydrogens is 530 g/mol. The number of nitrogens with two attached hydrogens (primary N) is 1. The van der Waals surface area contributed by atoms with Gasteiger partial charge in [-0.3, -0.25) is 19.2 Å². The second-order valence-corrected chi connectivity index (χ2v) is 11.0. The first-order valence-corrected chi connectivity index (χ1v) is 13.9. The highest BCUT2D eigenvalue weighted by Gasteiger charge is 2.31. The summed E-state index contributed by atoms with van der Waals surface area (Å²) in [7, 11) is 1.24. The minimum absolute atomic E-state index is 0.00655. The maximum atomic E-state index is 12.9. The van der Waals surface area contributed by atoms with Gasteiger partial charge in [0, 0.05) is 6.42 Å². The summed E-state index contributed by atoms with van der Waals surface area (Å²) in [6, 6.07) is 4.99. The molecule has 0 fully saturated rings. The van der Waals surface area contributed by atoms with Gasteiger partial charge in [0.1, 0.15) is 18.1 Å². The second-order valence-electron chi connectivity index (χ2n) is 11.0. The molecule has 0 bridgehead atoms. The lowest BCUT2D eigenvalue weighted by molar-refractivity contribution is -0.146. The fourth-order valence-corrected chi connectivity index (χ4v) is 4.00. The zero-order valence-electron chi connectivity index (χ0n) is 25.1. The topological polar surface area (TPSA) is 189 Å². The number of nitrogens with one attached hydrogen (secondary N) is 4. The third-order valence-electron chi connectivity index (χ3n) is 6.61. The van der Waals surface area contributed by atoms with Crippen LogP contribution in [0.25, 0.3) is 0 Å². The van der Waals surface area contributed by atoms with E-state index in [-0.39, 0.29) is 31.1 Å². The molecule has 1 aromatic rings. The van der Waals surface area contributed by atoms with Gasteiger partial charge in [-0.1, -0.05) is 58.0 Å². The summed E-state index contributed by atoms with van der Waals surface area (Å²) in [5, 5.41) is 21.7. The van der Waals surface area contributed by atoms with E-state index in [2.05, 4.69) is 21.3 Å². The van der Waals surface area contributed by atoms with E-state index in [0.717, 1.165) is 5.56 Å². The standard InChI is InChI=1S/C29H47N5O7/c1-16(2)24(28(39)34-25(17(3)4)29(40)41-7)33-23(36)14-13-22(35)21(15-20-11-9-8-10-12-20)32-27(38)19(6)31-26(37)18(5)30/h8-12,16-19,21-22,24-25,35H,13-15,30H2,1-7H3,(H,31,37)(H,32,38)(H,33,36)(H,34,39)/t18-,19-,21-,22?,24-,25-/m0/s1. The molecule has 1 unspecified atom stereocenters. The lowest BCUT2D eigenvalue weighted by Crippen LogP contribution is -2.55. The van der Waals surface area contributed by atoms with E-state index in [1.807, 2.05) is 30.3 Å². The van der Waals surface area contributed by atoms with Crippen molar-refractivity contribution in [1.82, 2.24) is 21.3 Å². The van der Waals surface area contributed by atoms with E-state index in [9.17, 15) is 29.1 Å². The summed E-state index contributed by atoms with van der Waals surface area (Å²) in [4.78, 5) is 62.6. The Kier molecular flexibility index (Phi) is 15.0. The molecule has 0 aliphatic rings. The Hall–Kier alpha value is -3.51. The Morgan fingerprint density at radius 1 is 0.805 bits per heavy atom. The van der Waals surface area contributed by atoms with E-state index in [1.165, 1.54) is 21.0 Å². The zero-order valence-corrected chi connectivity index (χ0v) is 25.1. The van der Waals surface area contributed by atoms with Crippen molar-refractivity contribution >= 4 is 29.6 Å². The van der Waals surface area contributed by atoms with Crippen molar-refractivity contribution < 1.29 is 33.8 Å². The van der Waals surface area contributed by atoms with Crippen LogP contribution in [0.5, 0.6) is 0 Å². The van der Waals surface area contributed by atoms with Gasteiger partial charge in [-0.05, 0) is 44.1 Å². The van der Waals surface area contributed by atoms with E-state index in [1.54, 1.807) is 27.7 Å². The van der Waals surface area contributed by atoms with Gasteiger partial charge < -0.3 is 36.8 Å². The number of benzene rings is 1. The predicted octanol–water partition coefficient (Wildman–Crippen LogP) is 0.162. The van der Waals surface area contributed by atoms with Gasteiger partial charge in [-0.25, -0.2) is 4.79 Å². The first-order valence-electron chi connectivity index (χ1n) is 13.9. The van der Waals surface area contributed by atoms with Gasteiger partial charge in [0.15, 0.2) is 0 Å². The molecule has 1 aromatic carbocycles. The minimum Gasteiger partial charge on any atom is -0.467 e. The lowest BCUT2D eigenvalue weighted by Gasteiger charge is -2.27. The van der Waals surface area contributed by atoms with Gasteiger partial charge in [0.2, 0.25) is 23.6 Å². The van der Waals surface area contributed by atoms with Crippen molar-refractivity contribution in [2.45, 2.75) is 97.1 Å². The summed E-state index contributed by atoms with van der Waals surface area (Å²) in [6.07, 6.45) is -0.963. The van der Waals surface area contributed by atoms with Gasteiger partial charge in [0.05, 0.1) is 25.3 Å². The first-order chi connectivity index (χ1) is 19.2. The van der Waals surface area contributed by atoms with E-state index >= 15 is 0 Å². The van der Waals surface area contributed by atoms with Crippen LogP contribution in [0, 0.1) is 11.8 Å². The van der Waals surface area contributed by atoms with Crippen LogP contribution in [0.15, 0.2) is 30.3 Å². The van der Waals surface area contributed by atoms with Crippen LogP contribution in [0.4, 0.5) is 0 Å². The molecule has 0 saturated heterocycles. The van der Waals surface area contributed by atoms with Crippen LogP contribution in [0.2, 0.25) is 0 Å². The van der Waals surface area contributed by atoms with Crippen LogP contribution in [0.1, 0.15) is 59.9 Å². The predicted molar refractivity (Wildman–Crippen MR) is 154 cm³/mol. The smallest absolute Gasteiger partial charge is 0.328 e. The minimum atomic E-state index is -1.11. The quantitative estimate of drug-likeness (QED) is 0.150. The molecule has 0 radical (unpaired) electrons. The van der Waals surface area contributed by atoms with E-state index < -0.39 is 65.9 Å². The number of methoxy groups -OCH3 is 1. The molecule has 230 valence electrons. The monoisotopic (exact) mass is 577 g/mol.